The zero-order valence-electron chi connectivity index (χ0n) is 16.3. The van der Waals surface area contributed by atoms with Gasteiger partial charge in [0.15, 0.2) is 11.5 Å². The Hall–Kier alpha value is -2.69. The van der Waals surface area contributed by atoms with Gasteiger partial charge in [0, 0.05) is 5.56 Å². The van der Waals surface area contributed by atoms with Gasteiger partial charge in [0.2, 0.25) is 5.75 Å². The highest BCUT2D eigenvalue weighted by molar-refractivity contribution is 5.96. The van der Waals surface area contributed by atoms with Gasteiger partial charge in [0.25, 0.3) is 5.91 Å². The Morgan fingerprint density at radius 1 is 0.962 bits per heavy atom. The average Bonchev–Trinajstić information content (AvgIpc) is 2.66. The third-order valence-electron chi connectivity index (χ3n) is 4.57. The maximum atomic E-state index is 12.8. The van der Waals surface area contributed by atoms with E-state index >= 15 is 0 Å². The summed E-state index contributed by atoms with van der Waals surface area (Å²) < 4.78 is 16.0. The summed E-state index contributed by atoms with van der Waals surface area (Å²) >= 11 is 0. The van der Waals surface area contributed by atoms with E-state index in [9.17, 15) is 4.79 Å². The number of methoxy groups -OCH3 is 3. The minimum atomic E-state index is -0.186. The lowest BCUT2D eigenvalue weighted by atomic mass is 9.99. The first kappa shape index (κ1) is 19.6. The first-order chi connectivity index (χ1) is 12.4. The molecule has 2 aromatic carbocycles. The SMILES string of the molecule is CC[C@H](NC(=O)c1cc(OC)c(OC)c(OC)c1)c1ccc(C)c(C)c1. The molecule has 2 aromatic rings. The zero-order valence-corrected chi connectivity index (χ0v) is 16.3. The van der Waals surface area contributed by atoms with Crippen molar-refractivity contribution in [1.29, 1.82) is 0 Å². The van der Waals surface area contributed by atoms with Gasteiger partial charge < -0.3 is 19.5 Å². The van der Waals surface area contributed by atoms with Crippen molar-refractivity contribution in [1.82, 2.24) is 5.32 Å². The largest absolute Gasteiger partial charge is 0.493 e. The van der Waals surface area contributed by atoms with Crippen LogP contribution in [-0.2, 0) is 0 Å². The summed E-state index contributed by atoms with van der Waals surface area (Å²) in [6.45, 7) is 6.20. The molecule has 0 heterocycles. The predicted molar refractivity (Wildman–Crippen MR) is 103 cm³/mol. The molecular weight excluding hydrogens is 330 g/mol. The van der Waals surface area contributed by atoms with Gasteiger partial charge in [0.1, 0.15) is 0 Å². The molecule has 0 aliphatic rings. The number of ether oxygens (including phenoxy) is 3. The first-order valence-corrected chi connectivity index (χ1v) is 8.63. The molecule has 0 saturated heterocycles. The van der Waals surface area contributed by atoms with E-state index in [1.807, 2.05) is 0 Å². The Bertz CT molecular complexity index is 761. The monoisotopic (exact) mass is 357 g/mol. The van der Waals surface area contributed by atoms with Crippen molar-refractivity contribution in [2.24, 2.45) is 0 Å². The number of amides is 1. The van der Waals surface area contributed by atoms with Crippen LogP contribution in [0.5, 0.6) is 17.2 Å². The number of nitrogens with one attached hydrogen (secondary N) is 1. The van der Waals surface area contributed by atoms with E-state index in [2.05, 4.69) is 44.3 Å². The van der Waals surface area contributed by atoms with E-state index in [0.29, 0.717) is 22.8 Å². The van der Waals surface area contributed by atoms with Crippen LogP contribution in [0.15, 0.2) is 30.3 Å². The highest BCUT2D eigenvalue weighted by atomic mass is 16.5. The standard InChI is InChI=1S/C21H27NO4/c1-7-17(15-9-8-13(2)14(3)10-15)22-21(23)16-11-18(24-4)20(26-6)19(12-16)25-5/h8-12,17H,7H2,1-6H3,(H,22,23)/t17-/m0/s1. The summed E-state index contributed by atoms with van der Waals surface area (Å²) in [4.78, 5) is 12.8. The summed E-state index contributed by atoms with van der Waals surface area (Å²) in [5.74, 6) is 1.19. The number of hydrogen-bond donors (Lipinski definition) is 1. The molecular formula is C21H27NO4. The third kappa shape index (κ3) is 4.10. The van der Waals surface area contributed by atoms with Crippen LogP contribution in [0.3, 0.4) is 0 Å². The molecule has 0 bridgehead atoms. The Kier molecular flexibility index (Phi) is 6.50. The Morgan fingerprint density at radius 2 is 1.58 bits per heavy atom. The molecule has 5 heteroatoms. The van der Waals surface area contributed by atoms with Gasteiger partial charge >= 0.3 is 0 Å². The van der Waals surface area contributed by atoms with Gasteiger partial charge in [0.05, 0.1) is 27.4 Å². The number of carbonyl (C=O) groups excluding carboxylic acids is 1. The molecule has 0 fully saturated rings. The molecule has 0 saturated carbocycles. The summed E-state index contributed by atoms with van der Waals surface area (Å²) in [6, 6.07) is 9.51. The Labute approximate surface area is 155 Å². The average molecular weight is 357 g/mol. The highest BCUT2D eigenvalue weighted by Crippen LogP contribution is 2.38. The van der Waals surface area contributed by atoms with Crippen LogP contribution in [0.2, 0.25) is 0 Å². The summed E-state index contributed by atoms with van der Waals surface area (Å²) in [6.07, 6.45) is 0.790. The predicted octanol–water partition coefficient (Wildman–Crippen LogP) is 4.21. The van der Waals surface area contributed by atoms with E-state index in [4.69, 9.17) is 14.2 Å². The van der Waals surface area contributed by atoms with E-state index in [1.165, 1.54) is 32.5 Å². The fourth-order valence-corrected chi connectivity index (χ4v) is 2.86. The summed E-state index contributed by atoms with van der Waals surface area (Å²) in [7, 11) is 4.60. The van der Waals surface area contributed by atoms with E-state index < -0.39 is 0 Å². The molecule has 26 heavy (non-hydrogen) atoms. The smallest absolute Gasteiger partial charge is 0.252 e. The van der Waals surface area contributed by atoms with Gasteiger partial charge in [-0.2, -0.15) is 0 Å². The molecule has 0 unspecified atom stereocenters. The fourth-order valence-electron chi connectivity index (χ4n) is 2.86. The molecule has 0 aliphatic heterocycles. The van der Waals surface area contributed by atoms with Crippen LogP contribution in [0.25, 0.3) is 0 Å². The quantitative estimate of drug-likeness (QED) is 0.806. The van der Waals surface area contributed by atoms with Crippen LogP contribution in [-0.4, -0.2) is 27.2 Å². The lowest BCUT2D eigenvalue weighted by Gasteiger charge is -2.20. The van der Waals surface area contributed by atoms with Crippen LogP contribution in [0.1, 0.15) is 46.4 Å². The number of carbonyl (C=O) groups is 1. The molecule has 1 N–H and O–H groups in total. The van der Waals surface area contributed by atoms with Gasteiger partial charge in [-0.05, 0) is 49.1 Å². The van der Waals surface area contributed by atoms with Crippen molar-refractivity contribution in [2.45, 2.75) is 33.2 Å². The number of rotatable bonds is 7. The Morgan fingerprint density at radius 3 is 2.04 bits per heavy atom. The molecule has 0 spiro atoms. The minimum absolute atomic E-state index is 0.0686. The molecule has 1 atom stereocenters. The second kappa shape index (κ2) is 8.61. The topological polar surface area (TPSA) is 56.8 Å². The molecule has 2 rings (SSSR count). The van der Waals surface area contributed by atoms with Crippen LogP contribution in [0.4, 0.5) is 0 Å². The second-order valence-corrected chi connectivity index (χ2v) is 6.19. The minimum Gasteiger partial charge on any atom is -0.493 e. The molecule has 1 amide bonds. The molecule has 5 nitrogen and oxygen atoms in total. The highest BCUT2D eigenvalue weighted by Gasteiger charge is 2.19. The van der Waals surface area contributed by atoms with E-state index in [1.54, 1.807) is 12.1 Å². The molecule has 0 aromatic heterocycles. The normalized spacial score (nSPS) is 11.6. The second-order valence-electron chi connectivity index (χ2n) is 6.19. The van der Waals surface area contributed by atoms with Crippen molar-refractivity contribution >= 4 is 5.91 Å². The van der Waals surface area contributed by atoms with E-state index in [-0.39, 0.29) is 11.9 Å². The van der Waals surface area contributed by atoms with Gasteiger partial charge in [-0.15, -0.1) is 0 Å². The van der Waals surface area contributed by atoms with Crippen molar-refractivity contribution in [3.8, 4) is 17.2 Å². The maximum absolute atomic E-state index is 12.8. The van der Waals surface area contributed by atoms with E-state index in [0.717, 1.165) is 12.0 Å². The first-order valence-electron chi connectivity index (χ1n) is 8.63. The van der Waals surface area contributed by atoms with Crippen LogP contribution in [0, 0.1) is 13.8 Å². The van der Waals surface area contributed by atoms with Crippen molar-refractivity contribution in [3.63, 3.8) is 0 Å². The maximum Gasteiger partial charge on any atom is 0.252 e. The van der Waals surface area contributed by atoms with Gasteiger partial charge in [-0.3, -0.25) is 4.79 Å². The number of benzene rings is 2. The molecule has 0 aliphatic carbocycles. The van der Waals surface area contributed by atoms with Crippen LogP contribution < -0.4 is 19.5 Å². The third-order valence-corrected chi connectivity index (χ3v) is 4.57. The lowest BCUT2D eigenvalue weighted by molar-refractivity contribution is 0.0934. The van der Waals surface area contributed by atoms with Gasteiger partial charge in [-0.25, -0.2) is 0 Å². The Balaban J connectivity index is 2.31. The zero-order chi connectivity index (χ0) is 19.3. The van der Waals surface area contributed by atoms with Crippen molar-refractivity contribution in [3.05, 3.63) is 52.6 Å². The lowest BCUT2D eigenvalue weighted by Crippen LogP contribution is -2.28. The van der Waals surface area contributed by atoms with Crippen molar-refractivity contribution < 1.29 is 19.0 Å². The van der Waals surface area contributed by atoms with Gasteiger partial charge in [-0.1, -0.05) is 25.1 Å². The molecule has 0 radical (unpaired) electrons. The van der Waals surface area contributed by atoms with Crippen LogP contribution >= 0.6 is 0 Å². The number of hydrogen-bond acceptors (Lipinski definition) is 4. The molecule has 140 valence electrons. The summed E-state index contributed by atoms with van der Waals surface area (Å²) in [5.41, 5.74) is 4.00. The summed E-state index contributed by atoms with van der Waals surface area (Å²) in [5, 5.41) is 3.10. The number of aryl methyl sites for hydroxylation is 2. The van der Waals surface area contributed by atoms with Crippen molar-refractivity contribution in [2.75, 3.05) is 21.3 Å². The fraction of sp³-hybridized carbons (Fsp3) is 0.381.